The highest BCUT2D eigenvalue weighted by Crippen LogP contribution is 2.46. The van der Waals surface area contributed by atoms with E-state index < -0.39 is 70.0 Å². The molecule has 250 valence electrons. The number of ketones is 1. The molecule has 0 saturated heterocycles. The van der Waals surface area contributed by atoms with Gasteiger partial charge in [-0.25, -0.2) is 9.59 Å². The molecule has 1 aliphatic rings. The summed E-state index contributed by atoms with van der Waals surface area (Å²) < 4.78 is 106. The zero-order chi connectivity index (χ0) is 34.7. The van der Waals surface area contributed by atoms with Crippen LogP contribution in [0.1, 0.15) is 45.2 Å². The first kappa shape index (κ1) is 36.5. The molecule has 0 bridgehead atoms. The Labute approximate surface area is 262 Å². The summed E-state index contributed by atoms with van der Waals surface area (Å²) in [6, 6.07) is 12.4. The smallest absolute Gasteiger partial charge is 0.432 e. The Kier molecular flexibility index (Phi) is 10.6. The zero-order valence-corrected chi connectivity index (χ0v) is 25.9. The minimum Gasteiger partial charge on any atom is -0.456 e. The number of benzene rings is 2. The fraction of sp³-hybridized carbons (Fsp3) is 0.424. The van der Waals surface area contributed by atoms with Crippen LogP contribution >= 0.6 is 0 Å². The number of Topliss-reactive ketones (excluding diaryl/α,β-unsaturated/α-hetero) is 1. The molecule has 3 rings (SSSR count). The maximum absolute atomic E-state index is 14.3. The Morgan fingerprint density at radius 1 is 0.826 bits per heavy atom. The van der Waals surface area contributed by atoms with Crippen LogP contribution in [0.4, 0.5) is 26.3 Å². The maximum atomic E-state index is 14.3. The van der Waals surface area contributed by atoms with Crippen molar-refractivity contribution in [2.24, 2.45) is 5.41 Å². The first-order chi connectivity index (χ1) is 21.3. The van der Waals surface area contributed by atoms with E-state index in [1.165, 1.54) is 62.4 Å². The standard InChI is InChI=1S/C33H34F6O7/c1-20(45-27(41)30(43-5,32(34,35)36)22-13-9-7-10-14-22)17-18-24-21(2)26(40)25(19-29(24,3)4)46-28(42)31(44-6,33(37,38)39)23-15-11-8-12-16-23/h7-18,20,25H,19H2,1-6H3/b18-17+/t20-,25-,30-,31-/m0/s1. The van der Waals surface area contributed by atoms with E-state index in [1.807, 2.05) is 0 Å². The van der Waals surface area contributed by atoms with Crippen molar-refractivity contribution >= 4 is 17.7 Å². The predicted molar refractivity (Wildman–Crippen MR) is 153 cm³/mol. The fourth-order valence-corrected chi connectivity index (χ4v) is 5.50. The molecule has 0 radical (unpaired) electrons. The second-order valence-corrected chi connectivity index (χ2v) is 11.4. The third kappa shape index (κ3) is 6.61. The summed E-state index contributed by atoms with van der Waals surface area (Å²) in [6.07, 6.45) is -10.9. The Balaban J connectivity index is 1.88. The van der Waals surface area contributed by atoms with E-state index in [-0.39, 0.29) is 12.0 Å². The average Bonchev–Trinajstić information content (AvgIpc) is 2.96. The molecular weight excluding hydrogens is 622 g/mol. The van der Waals surface area contributed by atoms with Gasteiger partial charge >= 0.3 is 24.3 Å². The number of carbonyl (C=O) groups excluding carboxylic acids is 3. The summed E-state index contributed by atoms with van der Waals surface area (Å²) in [6.45, 7) is 5.96. The van der Waals surface area contributed by atoms with Gasteiger partial charge in [0.1, 0.15) is 6.10 Å². The molecule has 46 heavy (non-hydrogen) atoms. The van der Waals surface area contributed by atoms with E-state index >= 15 is 0 Å². The highest BCUT2D eigenvalue weighted by molar-refractivity contribution is 6.02. The number of halogens is 6. The lowest BCUT2D eigenvalue weighted by atomic mass is 9.71. The number of methoxy groups -OCH3 is 2. The third-order valence-electron chi connectivity index (χ3n) is 7.91. The SMILES string of the molecule is CO[C@](C(=O)O[C@H]1CC(C)(C)C(/C=C/[C@H](C)OC(=O)[C@@](OC)(c2ccccc2)C(F)(F)F)=C(C)C1=O)(c1ccccc1)C(F)(F)F. The Morgan fingerprint density at radius 2 is 1.26 bits per heavy atom. The fourth-order valence-electron chi connectivity index (χ4n) is 5.50. The van der Waals surface area contributed by atoms with Gasteiger partial charge in [0.05, 0.1) is 0 Å². The summed E-state index contributed by atoms with van der Waals surface area (Å²) in [7, 11) is 1.45. The Bertz CT molecular complexity index is 1480. The van der Waals surface area contributed by atoms with Crippen molar-refractivity contribution < 1.29 is 59.7 Å². The third-order valence-corrected chi connectivity index (χ3v) is 7.91. The second kappa shape index (κ2) is 13.4. The molecule has 0 aliphatic heterocycles. The van der Waals surface area contributed by atoms with Crippen LogP contribution in [-0.4, -0.2) is 56.5 Å². The quantitative estimate of drug-likeness (QED) is 0.203. The van der Waals surface area contributed by atoms with Crippen molar-refractivity contribution in [1.82, 2.24) is 0 Å². The van der Waals surface area contributed by atoms with Crippen LogP contribution in [0.2, 0.25) is 0 Å². The van der Waals surface area contributed by atoms with Crippen molar-refractivity contribution in [1.29, 1.82) is 0 Å². The first-order valence-corrected chi connectivity index (χ1v) is 14.0. The number of ether oxygens (including phenoxy) is 4. The van der Waals surface area contributed by atoms with Gasteiger partial charge in [-0.05, 0) is 36.5 Å². The molecule has 1 aliphatic carbocycles. The van der Waals surface area contributed by atoms with Crippen LogP contribution in [0.15, 0.2) is 84.0 Å². The van der Waals surface area contributed by atoms with Gasteiger partial charge in [-0.3, -0.25) is 4.79 Å². The topological polar surface area (TPSA) is 88.1 Å². The molecule has 4 atom stereocenters. The minimum atomic E-state index is -5.24. The van der Waals surface area contributed by atoms with E-state index in [4.69, 9.17) is 18.9 Å². The number of carbonyl (C=O) groups is 3. The average molecular weight is 657 g/mol. The van der Waals surface area contributed by atoms with Crippen molar-refractivity contribution in [2.75, 3.05) is 14.2 Å². The summed E-state index contributed by atoms with van der Waals surface area (Å²) in [5.74, 6) is -4.32. The van der Waals surface area contributed by atoms with Crippen LogP contribution in [0, 0.1) is 5.41 Å². The number of hydrogen-bond acceptors (Lipinski definition) is 7. The molecule has 13 heteroatoms. The van der Waals surface area contributed by atoms with Crippen LogP contribution in [-0.2, 0) is 44.5 Å². The molecular formula is C33H34F6O7. The molecule has 2 aromatic rings. The zero-order valence-electron chi connectivity index (χ0n) is 25.9. The molecule has 0 N–H and O–H groups in total. The predicted octanol–water partition coefficient (Wildman–Crippen LogP) is 6.91. The molecule has 0 fully saturated rings. The maximum Gasteiger partial charge on any atom is 0.432 e. The van der Waals surface area contributed by atoms with Gasteiger partial charge in [-0.15, -0.1) is 0 Å². The molecule has 0 amide bonds. The van der Waals surface area contributed by atoms with Crippen LogP contribution < -0.4 is 0 Å². The normalized spacial score (nSPS) is 20.5. The lowest BCUT2D eigenvalue weighted by Crippen LogP contribution is -2.53. The van der Waals surface area contributed by atoms with Crippen molar-refractivity contribution in [3.8, 4) is 0 Å². The summed E-state index contributed by atoms with van der Waals surface area (Å²) in [5, 5.41) is 0. The number of rotatable bonds is 10. The van der Waals surface area contributed by atoms with Crippen molar-refractivity contribution in [2.45, 2.75) is 69.9 Å². The molecule has 0 aromatic heterocycles. The first-order valence-electron chi connectivity index (χ1n) is 14.0. The van der Waals surface area contributed by atoms with Gasteiger partial charge in [0, 0.05) is 31.8 Å². The molecule has 0 unspecified atom stereocenters. The largest absolute Gasteiger partial charge is 0.456 e. The highest BCUT2D eigenvalue weighted by Gasteiger charge is 2.65. The molecule has 0 saturated carbocycles. The van der Waals surface area contributed by atoms with E-state index in [0.717, 1.165) is 31.4 Å². The van der Waals surface area contributed by atoms with Gasteiger partial charge in [0.15, 0.2) is 11.9 Å². The monoisotopic (exact) mass is 656 g/mol. The van der Waals surface area contributed by atoms with Crippen molar-refractivity contribution in [3.05, 3.63) is 95.1 Å². The van der Waals surface area contributed by atoms with Gasteiger partial charge < -0.3 is 18.9 Å². The summed E-state index contributed by atoms with van der Waals surface area (Å²) in [4.78, 5) is 39.4. The summed E-state index contributed by atoms with van der Waals surface area (Å²) >= 11 is 0. The van der Waals surface area contributed by atoms with Gasteiger partial charge in [-0.2, -0.15) is 26.3 Å². The van der Waals surface area contributed by atoms with Crippen LogP contribution in [0.25, 0.3) is 0 Å². The lowest BCUT2D eigenvalue weighted by Gasteiger charge is -2.38. The Morgan fingerprint density at radius 3 is 1.67 bits per heavy atom. The number of hydrogen-bond donors (Lipinski definition) is 0. The van der Waals surface area contributed by atoms with E-state index in [0.29, 0.717) is 12.7 Å². The van der Waals surface area contributed by atoms with Crippen LogP contribution in [0.5, 0.6) is 0 Å². The van der Waals surface area contributed by atoms with E-state index in [9.17, 15) is 40.7 Å². The van der Waals surface area contributed by atoms with Gasteiger partial charge in [0.25, 0.3) is 11.2 Å². The van der Waals surface area contributed by atoms with Gasteiger partial charge in [0.2, 0.25) is 0 Å². The Hall–Kier alpha value is -3.97. The molecule has 2 aromatic carbocycles. The summed E-state index contributed by atoms with van der Waals surface area (Å²) in [5.41, 5.74) is -8.53. The molecule has 0 spiro atoms. The highest BCUT2D eigenvalue weighted by atomic mass is 19.4. The second-order valence-electron chi connectivity index (χ2n) is 11.4. The van der Waals surface area contributed by atoms with Crippen LogP contribution in [0.3, 0.4) is 0 Å². The van der Waals surface area contributed by atoms with Crippen molar-refractivity contribution in [3.63, 3.8) is 0 Å². The lowest BCUT2D eigenvalue weighted by molar-refractivity contribution is -0.278. The van der Waals surface area contributed by atoms with E-state index in [2.05, 4.69) is 0 Å². The number of esters is 2. The molecule has 7 nitrogen and oxygen atoms in total. The van der Waals surface area contributed by atoms with E-state index in [1.54, 1.807) is 13.8 Å². The van der Waals surface area contributed by atoms with Gasteiger partial charge in [-0.1, -0.05) is 80.6 Å². The molecule has 0 heterocycles. The minimum absolute atomic E-state index is 0.0318. The number of alkyl halides is 6. The number of allylic oxidation sites excluding steroid dienone is 2.